The van der Waals surface area contributed by atoms with Gasteiger partial charge in [0.05, 0.1) is 24.2 Å². The molecule has 2 N–H and O–H groups in total. The maximum Gasteiger partial charge on any atom is 0.227 e. The summed E-state index contributed by atoms with van der Waals surface area (Å²) in [5.41, 5.74) is 0.763. The normalized spacial score (nSPS) is 14.3. The van der Waals surface area contributed by atoms with E-state index in [2.05, 4.69) is 27.4 Å². The molecule has 0 bridgehead atoms. The number of fused-ring (bicyclic) bond motifs is 1. The Bertz CT molecular complexity index is 606. The fourth-order valence-corrected chi connectivity index (χ4v) is 4.11. The van der Waals surface area contributed by atoms with Gasteiger partial charge in [0.2, 0.25) is 5.91 Å². The summed E-state index contributed by atoms with van der Waals surface area (Å²) in [5.74, 6) is 0.815. The van der Waals surface area contributed by atoms with Crippen molar-refractivity contribution in [3.05, 3.63) is 15.6 Å². The quantitative estimate of drug-likeness (QED) is 0.364. The van der Waals surface area contributed by atoms with Crippen LogP contribution >= 0.6 is 35.3 Å². The minimum absolute atomic E-state index is 0. The summed E-state index contributed by atoms with van der Waals surface area (Å²) in [6.45, 7) is 7.84. The number of amides is 1. The van der Waals surface area contributed by atoms with Gasteiger partial charge in [0.1, 0.15) is 5.01 Å². The van der Waals surface area contributed by atoms with Gasteiger partial charge >= 0.3 is 0 Å². The van der Waals surface area contributed by atoms with Gasteiger partial charge in [0.25, 0.3) is 0 Å². The lowest BCUT2D eigenvalue weighted by Gasteiger charge is -2.24. The van der Waals surface area contributed by atoms with Crippen LogP contribution in [0.15, 0.2) is 4.99 Å². The number of halogens is 1. The van der Waals surface area contributed by atoms with Gasteiger partial charge in [0, 0.05) is 25.5 Å². The fraction of sp³-hybridized carbons (Fsp3) is 0.722. The number of hydrogen-bond acceptors (Lipinski definition) is 4. The number of thiazole rings is 1. The average molecular weight is 493 g/mol. The van der Waals surface area contributed by atoms with E-state index in [9.17, 15) is 4.79 Å². The smallest absolute Gasteiger partial charge is 0.227 e. The molecule has 1 aliphatic carbocycles. The van der Waals surface area contributed by atoms with Crippen LogP contribution < -0.4 is 10.6 Å². The molecule has 0 atom stereocenters. The van der Waals surface area contributed by atoms with Crippen molar-refractivity contribution in [3.63, 3.8) is 0 Å². The molecule has 1 amide bonds. The van der Waals surface area contributed by atoms with Crippen molar-refractivity contribution in [3.8, 4) is 0 Å². The number of guanidine groups is 1. The number of aryl methyl sites for hydroxylation is 2. The molecule has 0 fully saturated rings. The van der Waals surface area contributed by atoms with Gasteiger partial charge < -0.3 is 15.5 Å². The summed E-state index contributed by atoms with van der Waals surface area (Å²) < 4.78 is 0. The molecule has 0 saturated heterocycles. The van der Waals surface area contributed by atoms with Crippen LogP contribution in [0.5, 0.6) is 0 Å². The van der Waals surface area contributed by atoms with Crippen LogP contribution in [0.2, 0.25) is 0 Å². The Morgan fingerprint density at radius 2 is 2.04 bits per heavy atom. The van der Waals surface area contributed by atoms with E-state index in [-0.39, 0.29) is 29.9 Å². The summed E-state index contributed by atoms with van der Waals surface area (Å²) >= 11 is 1.83. The Morgan fingerprint density at radius 1 is 1.35 bits per heavy atom. The van der Waals surface area contributed by atoms with Gasteiger partial charge in [-0.2, -0.15) is 0 Å². The zero-order valence-corrected chi connectivity index (χ0v) is 19.7. The van der Waals surface area contributed by atoms with Gasteiger partial charge in [-0.3, -0.25) is 9.79 Å². The molecule has 0 radical (unpaired) electrons. The first-order chi connectivity index (χ1) is 11.9. The summed E-state index contributed by atoms with van der Waals surface area (Å²) in [6, 6.07) is 0. The number of carbonyl (C=O) groups is 1. The van der Waals surface area contributed by atoms with E-state index in [1.165, 1.54) is 29.8 Å². The minimum atomic E-state index is -0.531. The molecule has 26 heavy (non-hydrogen) atoms. The number of aromatic nitrogens is 1. The molecule has 148 valence electrons. The Hall–Kier alpha value is -0.900. The first-order valence-corrected chi connectivity index (χ1v) is 9.88. The van der Waals surface area contributed by atoms with Crippen LogP contribution in [0.1, 0.15) is 49.2 Å². The molecular formula is C18H32IN5OS. The van der Waals surface area contributed by atoms with Gasteiger partial charge in [-0.05, 0) is 46.5 Å². The van der Waals surface area contributed by atoms with E-state index in [0.717, 1.165) is 30.5 Å². The topological polar surface area (TPSA) is 69.6 Å². The van der Waals surface area contributed by atoms with Crippen LogP contribution in [0.4, 0.5) is 0 Å². The predicted octanol–water partition coefficient (Wildman–Crippen LogP) is 2.81. The SMILES string of the molecule is CCNC(=NCC(C)(C)C(=O)NC)N(C)Cc1nc2c(s1)CCCC2.I. The maximum atomic E-state index is 12.0. The Kier molecular flexibility index (Phi) is 9.29. The van der Waals surface area contributed by atoms with Crippen LogP contribution in [0, 0.1) is 5.41 Å². The van der Waals surface area contributed by atoms with Crippen LogP contribution in [0.25, 0.3) is 0 Å². The second-order valence-corrected chi connectivity index (χ2v) is 8.34. The molecule has 0 aliphatic heterocycles. The van der Waals surface area contributed by atoms with E-state index in [0.29, 0.717) is 6.54 Å². The Morgan fingerprint density at radius 3 is 2.65 bits per heavy atom. The third kappa shape index (κ3) is 6.07. The number of nitrogens with zero attached hydrogens (tertiary/aromatic N) is 3. The zero-order chi connectivity index (χ0) is 18.4. The molecule has 6 nitrogen and oxygen atoms in total. The lowest BCUT2D eigenvalue weighted by molar-refractivity contribution is -0.128. The zero-order valence-electron chi connectivity index (χ0n) is 16.5. The standard InChI is InChI=1S/C18H31N5OS.HI/c1-6-20-17(21-12-18(2,3)16(24)19-4)23(5)11-15-22-13-9-7-8-10-14(13)25-15;/h6-12H2,1-5H3,(H,19,24)(H,20,21);1H. The highest BCUT2D eigenvalue weighted by atomic mass is 127. The van der Waals surface area contributed by atoms with Crippen molar-refractivity contribution in [2.75, 3.05) is 27.2 Å². The number of aliphatic imine (C=N–C) groups is 1. The number of hydrogen-bond donors (Lipinski definition) is 2. The van der Waals surface area contributed by atoms with E-state index in [1.54, 1.807) is 7.05 Å². The maximum absolute atomic E-state index is 12.0. The van der Waals surface area contributed by atoms with Crippen LogP contribution in [0.3, 0.4) is 0 Å². The monoisotopic (exact) mass is 493 g/mol. The van der Waals surface area contributed by atoms with Crippen LogP contribution in [-0.4, -0.2) is 48.9 Å². The Balaban J connectivity index is 0.00000338. The molecule has 2 rings (SSSR count). The molecule has 0 saturated carbocycles. The van der Waals surface area contributed by atoms with Crippen molar-refractivity contribution in [2.24, 2.45) is 10.4 Å². The molecule has 1 aromatic heterocycles. The van der Waals surface area contributed by atoms with E-state index >= 15 is 0 Å². The average Bonchev–Trinajstić information content (AvgIpc) is 2.99. The number of rotatable bonds is 6. The minimum Gasteiger partial charge on any atom is -0.359 e. The first kappa shape index (κ1) is 23.1. The third-order valence-corrected chi connectivity index (χ3v) is 5.57. The van der Waals surface area contributed by atoms with E-state index in [4.69, 9.17) is 4.98 Å². The molecule has 1 heterocycles. The van der Waals surface area contributed by atoms with Gasteiger partial charge in [-0.25, -0.2) is 4.98 Å². The van der Waals surface area contributed by atoms with Crippen molar-refractivity contribution < 1.29 is 4.79 Å². The highest BCUT2D eigenvalue weighted by molar-refractivity contribution is 14.0. The molecule has 1 aliphatic rings. The molecular weight excluding hydrogens is 461 g/mol. The van der Waals surface area contributed by atoms with Gasteiger partial charge in [-0.1, -0.05) is 0 Å². The number of carbonyl (C=O) groups excluding carboxylic acids is 1. The lowest BCUT2D eigenvalue weighted by atomic mass is 9.93. The highest BCUT2D eigenvalue weighted by Gasteiger charge is 2.26. The second kappa shape index (κ2) is 10.4. The number of nitrogens with one attached hydrogen (secondary N) is 2. The third-order valence-electron chi connectivity index (χ3n) is 4.42. The molecule has 0 unspecified atom stereocenters. The predicted molar refractivity (Wildman–Crippen MR) is 119 cm³/mol. The van der Waals surface area contributed by atoms with E-state index < -0.39 is 5.41 Å². The van der Waals surface area contributed by atoms with Crippen molar-refractivity contribution in [1.82, 2.24) is 20.5 Å². The van der Waals surface area contributed by atoms with Crippen molar-refractivity contribution >= 4 is 47.2 Å². The van der Waals surface area contributed by atoms with Gasteiger partial charge in [0.15, 0.2) is 5.96 Å². The van der Waals surface area contributed by atoms with E-state index in [1.807, 2.05) is 32.2 Å². The first-order valence-electron chi connectivity index (χ1n) is 9.06. The lowest BCUT2D eigenvalue weighted by Crippen LogP contribution is -2.41. The molecule has 8 heteroatoms. The van der Waals surface area contributed by atoms with Crippen LogP contribution in [-0.2, 0) is 24.2 Å². The summed E-state index contributed by atoms with van der Waals surface area (Å²) in [7, 11) is 3.68. The summed E-state index contributed by atoms with van der Waals surface area (Å²) in [6.07, 6.45) is 4.82. The summed E-state index contributed by atoms with van der Waals surface area (Å²) in [4.78, 5) is 25.0. The second-order valence-electron chi connectivity index (χ2n) is 7.17. The van der Waals surface area contributed by atoms with Crippen molar-refractivity contribution in [1.29, 1.82) is 0 Å². The Labute approximate surface area is 178 Å². The molecule has 0 aromatic carbocycles. The fourth-order valence-electron chi connectivity index (χ4n) is 2.90. The molecule has 1 aromatic rings. The largest absolute Gasteiger partial charge is 0.359 e. The van der Waals surface area contributed by atoms with Gasteiger partial charge in [-0.15, -0.1) is 35.3 Å². The molecule has 0 spiro atoms. The highest BCUT2D eigenvalue weighted by Crippen LogP contribution is 2.27. The summed E-state index contributed by atoms with van der Waals surface area (Å²) in [5, 5.41) is 7.17. The van der Waals surface area contributed by atoms with Crippen molar-refractivity contribution in [2.45, 2.75) is 53.0 Å².